The molecule has 121 heavy (non-hydrogen) atoms. The van der Waals surface area contributed by atoms with Crippen LogP contribution >= 0.6 is 0 Å². The number of hydrogen-bond donors (Lipinski definition) is 21. The van der Waals surface area contributed by atoms with Crippen LogP contribution in [0.1, 0.15) is 46.8 Å². The van der Waals surface area contributed by atoms with E-state index in [2.05, 4.69) is 72.2 Å². The number of hydrogen-bond acceptors (Lipinski definition) is 49. The maximum absolute atomic E-state index is 12.5. The van der Waals surface area contributed by atoms with Gasteiger partial charge in [-0.15, -0.1) is 35.7 Å². The molecule has 56 nitrogen and oxygen atoms in total. The summed E-state index contributed by atoms with van der Waals surface area (Å²) in [5, 5.41) is 226. The average molecular weight is 1730 g/mol. The first-order valence-electron chi connectivity index (χ1n) is 38.9. The highest BCUT2D eigenvalue weighted by Gasteiger charge is 2.60. The molecule has 28 N–H and O–H groups in total. The number of aliphatic hydroxyl groups excluding tert-OH is 14. The van der Waals surface area contributed by atoms with Gasteiger partial charge in [-0.2, -0.15) is 0 Å². The standard InChI is InChI=1S/C65H104N28O28/c1-24-32(17-87-10-25(3-66)73-80-87)109-60(46(101)39(24)94)116-54-34(19-89-12-27(5-68)75-82-89)111-62(48(103)41(54)96)118-56-36(21-91-14-29(7-70)77-84-91)113-64(50(105)43(56)98)120-58-38(23-93-16-31(9-72)79-86-93)115-65(52(107)45(58)100)121-57-37(22-92-15-30(8-71)78-85-92)114-63(51(106)44(57)99)119-55-35(20-90-13-28(6-69)76-83-90)112-61(49(104)42(55)97)117-53-33(18-88-11-26(4-67)74-81-88)110-59(108-2)47(102)40(53)95/h10-16,24,32-65,94-107H,3-9,17-23,66-72H2,1-2H3/t24-,32?,33?,34?,35?,36?,37?,38?,39+,40-,41-,42-,43-,44-,45-,46?,47?,48?,49?,50?,51?,52?,53-,54-,55-,56-,57-,58-,59+,60-,61-,62-,63-,64-,65-/m1/s1. The SMILES string of the molecule is CO[C@H]1OC(Cn2cc(CN)nn2)[C@@H](O[C@H]2OC(Cn3cc(CN)nn3)[C@@H](O[C@H]3OC(Cn4cc(CN)nn4)[C@@H](O[C@H]4OC(Cn5cc(CN)nn5)[C@@H](O[C@H]5OC(Cn6cc(CN)nn6)[C@@H](O[C@H]6OC(Cn7cc(CN)nn7)[C@@H](O[C@H]7OC(Cn8cc(CN)nn8)[C@@H](C)[C@H](O)C7O)[C@H](O)C6O)[C@H](O)C5O)[C@H](O)C4O)[C@H](O)C3O)[C@H](O)C2O)[C@H](O)C1O. The number of aliphatic hydroxyl groups is 14. The van der Waals surface area contributed by atoms with Crippen LogP contribution in [0.4, 0.5) is 0 Å². The Balaban J connectivity index is 0.707. The van der Waals surface area contributed by atoms with E-state index in [1.807, 2.05) is 0 Å². The fourth-order valence-electron chi connectivity index (χ4n) is 15.3. The summed E-state index contributed by atoms with van der Waals surface area (Å²) in [5.41, 5.74) is 43.4. The second-order valence-corrected chi connectivity index (χ2v) is 30.3. The lowest BCUT2D eigenvalue weighted by Gasteiger charge is -2.50. The summed E-state index contributed by atoms with van der Waals surface area (Å²) in [6.45, 7) is -0.882. The van der Waals surface area contributed by atoms with Crippen LogP contribution in [0.15, 0.2) is 43.4 Å². The van der Waals surface area contributed by atoms with Gasteiger partial charge in [0.1, 0.15) is 153 Å². The van der Waals surface area contributed by atoms with Gasteiger partial charge in [-0.3, -0.25) is 0 Å². The second kappa shape index (κ2) is 39.4. The first kappa shape index (κ1) is 89.8. The molecule has 56 heteroatoms. The molecule has 0 aliphatic carbocycles. The summed E-state index contributed by atoms with van der Waals surface area (Å²) in [4.78, 5) is 0. The van der Waals surface area contributed by atoms with Gasteiger partial charge in [0.05, 0.1) is 97.9 Å². The van der Waals surface area contributed by atoms with Gasteiger partial charge < -0.3 is 178 Å². The van der Waals surface area contributed by atoms with E-state index in [4.69, 9.17) is 106 Å². The highest BCUT2D eigenvalue weighted by molar-refractivity contribution is 5.05. The van der Waals surface area contributed by atoms with Crippen molar-refractivity contribution in [2.24, 2.45) is 46.1 Å². The molecular weight excluding hydrogens is 1620 g/mol. The van der Waals surface area contributed by atoms with Crippen molar-refractivity contribution in [2.45, 2.75) is 307 Å². The molecule has 14 rings (SSSR count). The molecule has 14 unspecified atom stereocenters. The van der Waals surface area contributed by atoms with E-state index in [-0.39, 0.29) is 89.1 Å². The van der Waals surface area contributed by atoms with Crippen molar-refractivity contribution in [2.75, 3.05) is 7.11 Å². The van der Waals surface area contributed by atoms with Crippen LogP contribution in [0.2, 0.25) is 0 Å². The molecule has 14 heterocycles. The van der Waals surface area contributed by atoms with Gasteiger partial charge in [0.2, 0.25) is 0 Å². The maximum atomic E-state index is 12.5. The van der Waals surface area contributed by atoms with E-state index < -0.39 is 234 Å². The van der Waals surface area contributed by atoms with Gasteiger partial charge in [-0.25, -0.2) is 32.8 Å². The zero-order chi connectivity index (χ0) is 85.9. The van der Waals surface area contributed by atoms with E-state index >= 15 is 0 Å². The van der Waals surface area contributed by atoms with Crippen molar-refractivity contribution in [1.82, 2.24) is 105 Å². The van der Waals surface area contributed by atoms with E-state index in [1.54, 1.807) is 13.1 Å². The van der Waals surface area contributed by atoms with Crippen LogP contribution < -0.4 is 40.1 Å². The molecule has 7 aliphatic heterocycles. The van der Waals surface area contributed by atoms with Gasteiger partial charge in [0.15, 0.2) is 44.0 Å². The molecule has 0 radical (unpaired) electrons. The summed E-state index contributed by atoms with van der Waals surface area (Å²) >= 11 is 0. The molecule has 7 aliphatic rings. The summed E-state index contributed by atoms with van der Waals surface area (Å²) in [5.74, 6) is -0.722. The highest BCUT2D eigenvalue weighted by Crippen LogP contribution is 2.40. The predicted molar refractivity (Wildman–Crippen MR) is 386 cm³/mol. The fraction of sp³-hybridized carbons (Fsp3) is 0.785. The van der Waals surface area contributed by atoms with E-state index in [1.165, 1.54) is 77.1 Å². The molecule has 35 atom stereocenters. The summed E-state index contributed by atoms with van der Waals surface area (Å²) < 4.78 is 97.1. The fourth-order valence-corrected chi connectivity index (χ4v) is 15.3. The number of ether oxygens (including phenoxy) is 14. The Labute approximate surface area is 684 Å². The largest absolute Gasteiger partial charge is 0.390 e. The Morgan fingerprint density at radius 2 is 0.405 bits per heavy atom. The molecule has 7 saturated heterocycles. The normalized spacial score (nSPS) is 38.8. The minimum Gasteiger partial charge on any atom is -0.390 e. The monoisotopic (exact) mass is 1720 g/mol. The summed E-state index contributed by atoms with van der Waals surface area (Å²) in [7, 11) is 1.23. The van der Waals surface area contributed by atoms with Crippen LogP contribution in [0.5, 0.6) is 0 Å². The lowest BCUT2D eigenvalue weighted by Crippen LogP contribution is -2.68. The van der Waals surface area contributed by atoms with Gasteiger partial charge in [-0.1, -0.05) is 43.4 Å². The number of aromatic nitrogens is 21. The lowest BCUT2D eigenvalue weighted by atomic mass is 9.90. The first-order chi connectivity index (χ1) is 58.2. The van der Waals surface area contributed by atoms with Crippen LogP contribution in [0.3, 0.4) is 0 Å². The Bertz CT molecular complexity index is 4380. The highest BCUT2D eigenvalue weighted by atomic mass is 16.8. The Hall–Kier alpha value is -7.42. The third kappa shape index (κ3) is 19.8. The van der Waals surface area contributed by atoms with Crippen LogP contribution in [-0.4, -0.2) is 392 Å². The van der Waals surface area contributed by atoms with Crippen molar-refractivity contribution < 1.29 is 138 Å². The van der Waals surface area contributed by atoms with E-state index in [9.17, 15) is 71.5 Å². The quantitative estimate of drug-likeness (QED) is 0.0178. The molecular formula is C65H104N28O28. The molecule has 7 aromatic heterocycles. The van der Waals surface area contributed by atoms with Crippen LogP contribution in [0, 0.1) is 5.92 Å². The first-order valence-corrected chi connectivity index (χ1v) is 38.9. The van der Waals surface area contributed by atoms with Gasteiger partial charge >= 0.3 is 0 Å². The van der Waals surface area contributed by atoms with Crippen molar-refractivity contribution in [3.8, 4) is 0 Å². The smallest absolute Gasteiger partial charge is 0.187 e. The number of methoxy groups -OCH3 is 1. The van der Waals surface area contributed by atoms with E-state index in [0.717, 1.165) is 0 Å². The number of nitrogens with zero attached hydrogens (tertiary/aromatic N) is 21. The third-order valence-electron chi connectivity index (χ3n) is 22.0. The Kier molecular flexibility index (Phi) is 29.3. The van der Waals surface area contributed by atoms with E-state index in [0.29, 0.717) is 22.8 Å². The van der Waals surface area contributed by atoms with Gasteiger partial charge in [0, 0.05) is 102 Å². The third-order valence-corrected chi connectivity index (χ3v) is 22.0. The number of nitrogens with two attached hydrogens (primary N) is 7. The van der Waals surface area contributed by atoms with Crippen LogP contribution in [-0.2, 0) is 158 Å². The molecule has 0 bridgehead atoms. The molecule has 0 aromatic carbocycles. The van der Waals surface area contributed by atoms with Crippen molar-refractivity contribution in [3.63, 3.8) is 0 Å². The van der Waals surface area contributed by atoms with Crippen LogP contribution in [0.25, 0.3) is 0 Å². The van der Waals surface area contributed by atoms with Gasteiger partial charge in [-0.05, 0) is 0 Å². The van der Waals surface area contributed by atoms with Gasteiger partial charge in [0.25, 0.3) is 0 Å². The molecule has 0 spiro atoms. The molecule has 7 aromatic rings. The zero-order valence-corrected chi connectivity index (χ0v) is 65.1. The minimum absolute atomic E-state index is 0.00342. The summed E-state index contributed by atoms with van der Waals surface area (Å²) in [6, 6.07) is 0. The predicted octanol–water partition coefficient (Wildman–Crippen LogP) is -16.0. The Morgan fingerprint density at radius 3 is 0.579 bits per heavy atom. The Morgan fingerprint density at radius 1 is 0.248 bits per heavy atom. The second-order valence-electron chi connectivity index (χ2n) is 30.3. The average Bonchev–Trinajstić information content (AvgIpc) is 1.64. The van der Waals surface area contributed by atoms with Crippen molar-refractivity contribution in [1.29, 1.82) is 0 Å². The zero-order valence-electron chi connectivity index (χ0n) is 65.1. The lowest BCUT2D eigenvalue weighted by molar-refractivity contribution is -0.396. The topological polar surface area (TPSA) is 810 Å². The van der Waals surface area contributed by atoms with Crippen molar-refractivity contribution >= 4 is 0 Å². The van der Waals surface area contributed by atoms with Crippen molar-refractivity contribution in [3.05, 3.63) is 83.2 Å². The minimum atomic E-state index is -2.24. The molecule has 0 amide bonds. The number of rotatable bonds is 34. The maximum Gasteiger partial charge on any atom is 0.187 e. The summed E-state index contributed by atoms with van der Waals surface area (Å²) in [6.07, 6.45) is -51.4. The molecule has 7 fully saturated rings. The molecule has 672 valence electrons. The molecule has 0 saturated carbocycles.